The predicted molar refractivity (Wildman–Crippen MR) is 288 cm³/mol. The van der Waals surface area contributed by atoms with Gasteiger partial charge in [0.15, 0.2) is 5.82 Å². The number of benzene rings is 10. The number of fused-ring (bicyclic) bond motifs is 7. The van der Waals surface area contributed by atoms with E-state index in [0.29, 0.717) is 5.82 Å². The van der Waals surface area contributed by atoms with Crippen molar-refractivity contribution in [2.75, 3.05) is 4.90 Å². The van der Waals surface area contributed by atoms with Crippen LogP contribution in [0, 0.1) is 0 Å². The highest BCUT2D eigenvalue weighted by atomic mass is 15.2. The summed E-state index contributed by atoms with van der Waals surface area (Å²) in [6, 6.07) is 87.4. The van der Waals surface area contributed by atoms with Crippen LogP contribution < -0.4 is 4.90 Å². The van der Waals surface area contributed by atoms with E-state index in [4.69, 9.17) is 9.97 Å². The lowest BCUT2D eigenvalue weighted by molar-refractivity contribution is 0.632. The standard InChI is InChI=1S/C65H46N4/c1-65(2)55-30-14-15-31-59(55)68(50-24-10-5-11-25-50)60-38-37-48(41-56(60)65)53-28-17-29-54-62-52-27-13-12-20-45(52)36-39-61(62)69(63(53)54)51-26-16-23-49(40-51)58-42-57(66-64(67-58)47-21-8-4-9-22-47)46-34-32-44(33-35-46)43-18-6-3-7-19-43/h3-42H,1-2H3. The van der Waals surface area contributed by atoms with Crippen LogP contribution >= 0.6 is 0 Å². The zero-order valence-corrected chi connectivity index (χ0v) is 38.4. The molecule has 12 aromatic rings. The van der Waals surface area contributed by atoms with Crippen molar-refractivity contribution in [1.82, 2.24) is 14.5 Å². The average molecular weight is 883 g/mol. The summed E-state index contributed by atoms with van der Waals surface area (Å²) in [5.74, 6) is 0.690. The van der Waals surface area contributed by atoms with Gasteiger partial charge in [0, 0.05) is 49.8 Å². The number of aromatic nitrogens is 3. The maximum atomic E-state index is 5.29. The Morgan fingerprint density at radius 1 is 0.377 bits per heavy atom. The molecule has 0 amide bonds. The van der Waals surface area contributed by atoms with Gasteiger partial charge in [0.05, 0.1) is 33.8 Å². The molecule has 0 atom stereocenters. The molecular formula is C65H46N4. The summed E-state index contributed by atoms with van der Waals surface area (Å²) in [5, 5.41) is 4.91. The SMILES string of the molecule is CC1(C)c2ccccc2N(c2ccccc2)c2ccc(-c3cccc4c5c6ccccc6ccc5n(-c5cccc(-c6cc(-c7ccc(-c8ccccc8)cc7)nc(-c7ccccc7)n6)c5)c34)cc21. The maximum Gasteiger partial charge on any atom is 0.160 e. The minimum atomic E-state index is -0.253. The van der Waals surface area contributed by atoms with Crippen LogP contribution in [0.4, 0.5) is 17.1 Å². The van der Waals surface area contributed by atoms with E-state index in [1.807, 2.05) is 18.2 Å². The van der Waals surface area contributed by atoms with Crippen LogP contribution in [0.1, 0.15) is 25.0 Å². The molecule has 0 bridgehead atoms. The predicted octanol–water partition coefficient (Wildman–Crippen LogP) is 17.2. The summed E-state index contributed by atoms with van der Waals surface area (Å²) in [6.45, 7) is 4.74. The molecular weight excluding hydrogens is 837 g/mol. The quantitative estimate of drug-likeness (QED) is 0.160. The highest BCUT2D eigenvalue weighted by Gasteiger charge is 2.37. The Balaban J connectivity index is 1.01. The van der Waals surface area contributed by atoms with Gasteiger partial charge in [0.25, 0.3) is 0 Å². The van der Waals surface area contributed by atoms with Gasteiger partial charge < -0.3 is 9.47 Å². The van der Waals surface area contributed by atoms with Crippen LogP contribution in [0.25, 0.3) is 94.4 Å². The van der Waals surface area contributed by atoms with Crippen LogP contribution in [0.5, 0.6) is 0 Å². The molecule has 13 rings (SSSR count). The number of nitrogens with zero attached hydrogens (tertiary/aromatic N) is 4. The van der Waals surface area contributed by atoms with E-state index in [9.17, 15) is 0 Å². The van der Waals surface area contributed by atoms with Crippen LogP contribution in [0.3, 0.4) is 0 Å². The Kier molecular flexibility index (Phi) is 9.48. The lowest BCUT2D eigenvalue weighted by atomic mass is 9.73. The first-order chi connectivity index (χ1) is 34.0. The van der Waals surface area contributed by atoms with Crippen molar-refractivity contribution in [2.45, 2.75) is 19.3 Å². The van der Waals surface area contributed by atoms with Crippen LogP contribution in [-0.2, 0) is 5.41 Å². The molecule has 4 nitrogen and oxygen atoms in total. The fourth-order valence-electron chi connectivity index (χ4n) is 10.8. The average Bonchev–Trinajstić information content (AvgIpc) is 3.77. The van der Waals surface area contributed by atoms with E-state index < -0.39 is 0 Å². The summed E-state index contributed by atoms with van der Waals surface area (Å²) in [6.07, 6.45) is 0. The normalized spacial score (nSPS) is 12.9. The molecule has 0 unspecified atom stereocenters. The molecule has 326 valence electrons. The van der Waals surface area contributed by atoms with E-state index in [1.54, 1.807) is 0 Å². The van der Waals surface area contributed by atoms with Gasteiger partial charge in [-0.15, -0.1) is 0 Å². The molecule has 1 aliphatic heterocycles. The Morgan fingerprint density at radius 2 is 0.957 bits per heavy atom. The summed E-state index contributed by atoms with van der Waals surface area (Å²) in [7, 11) is 0. The first-order valence-electron chi connectivity index (χ1n) is 23.7. The molecule has 2 aromatic heterocycles. The first-order valence-corrected chi connectivity index (χ1v) is 23.7. The second kappa shape index (κ2) is 16.2. The van der Waals surface area contributed by atoms with Crippen LogP contribution in [0.15, 0.2) is 243 Å². The highest BCUT2D eigenvalue weighted by molar-refractivity contribution is 6.23. The van der Waals surface area contributed by atoms with Gasteiger partial charge in [-0.1, -0.05) is 202 Å². The molecule has 4 heteroatoms. The summed E-state index contributed by atoms with van der Waals surface area (Å²) in [4.78, 5) is 12.9. The van der Waals surface area contributed by atoms with Gasteiger partial charge in [0.1, 0.15) is 0 Å². The van der Waals surface area contributed by atoms with Crippen molar-refractivity contribution in [3.63, 3.8) is 0 Å². The molecule has 0 fully saturated rings. The molecule has 0 spiro atoms. The van der Waals surface area contributed by atoms with Crippen molar-refractivity contribution in [1.29, 1.82) is 0 Å². The number of hydrogen-bond donors (Lipinski definition) is 0. The largest absolute Gasteiger partial charge is 0.310 e. The second-order valence-corrected chi connectivity index (χ2v) is 18.6. The van der Waals surface area contributed by atoms with Crippen molar-refractivity contribution < 1.29 is 0 Å². The number of anilines is 3. The summed E-state index contributed by atoms with van der Waals surface area (Å²) >= 11 is 0. The highest BCUT2D eigenvalue weighted by Crippen LogP contribution is 2.53. The van der Waals surface area contributed by atoms with Gasteiger partial charge in [0.2, 0.25) is 0 Å². The smallest absolute Gasteiger partial charge is 0.160 e. The lowest BCUT2D eigenvalue weighted by Crippen LogP contribution is -2.30. The number of para-hydroxylation sites is 3. The summed E-state index contributed by atoms with van der Waals surface area (Å²) in [5.41, 5.74) is 18.8. The number of rotatable bonds is 7. The molecule has 69 heavy (non-hydrogen) atoms. The van der Waals surface area contributed by atoms with Crippen molar-refractivity contribution in [3.8, 4) is 61.8 Å². The minimum absolute atomic E-state index is 0.253. The van der Waals surface area contributed by atoms with E-state index in [-0.39, 0.29) is 5.41 Å². The lowest BCUT2D eigenvalue weighted by Gasteiger charge is -2.42. The van der Waals surface area contributed by atoms with Crippen molar-refractivity contribution in [3.05, 3.63) is 254 Å². The Hall–Kier alpha value is -8.86. The molecule has 0 N–H and O–H groups in total. The second-order valence-electron chi connectivity index (χ2n) is 18.6. The van der Waals surface area contributed by atoms with Crippen molar-refractivity contribution >= 4 is 49.6 Å². The molecule has 3 heterocycles. The fraction of sp³-hybridized carbons (Fsp3) is 0.0462. The topological polar surface area (TPSA) is 34.0 Å². The van der Waals surface area contributed by atoms with Gasteiger partial charge in [-0.05, 0) is 93.2 Å². The monoisotopic (exact) mass is 882 g/mol. The molecule has 0 aliphatic carbocycles. The molecule has 0 radical (unpaired) electrons. The Morgan fingerprint density at radius 3 is 1.75 bits per heavy atom. The van der Waals surface area contributed by atoms with Gasteiger partial charge in [-0.2, -0.15) is 0 Å². The maximum absolute atomic E-state index is 5.29. The van der Waals surface area contributed by atoms with Gasteiger partial charge in [-0.25, -0.2) is 9.97 Å². The fourth-order valence-corrected chi connectivity index (χ4v) is 10.8. The van der Waals surface area contributed by atoms with E-state index >= 15 is 0 Å². The molecule has 0 saturated carbocycles. The van der Waals surface area contributed by atoms with E-state index in [2.05, 4.69) is 248 Å². The zero-order chi connectivity index (χ0) is 46.1. The Labute approximate surface area is 402 Å². The third-order valence-corrected chi connectivity index (χ3v) is 14.2. The molecule has 1 aliphatic rings. The molecule has 0 saturated heterocycles. The van der Waals surface area contributed by atoms with E-state index in [0.717, 1.165) is 45.0 Å². The van der Waals surface area contributed by atoms with Gasteiger partial charge in [-0.3, -0.25) is 0 Å². The van der Waals surface area contributed by atoms with Crippen LogP contribution in [-0.4, -0.2) is 14.5 Å². The third-order valence-electron chi connectivity index (χ3n) is 14.2. The molecule has 10 aromatic carbocycles. The van der Waals surface area contributed by atoms with Crippen molar-refractivity contribution in [2.24, 2.45) is 0 Å². The number of hydrogen-bond acceptors (Lipinski definition) is 3. The minimum Gasteiger partial charge on any atom is -0.310 e. The Bertz CT molecular complexity index is 3910. The zero-order valence-electron chi connectivity index (χ0n) is 38.4. The first kappa shape index (κ1) is 40.4. The summed E-state index contributed by atoms with van der Waals surface area (Å²) < 4.78 is 2.48. The third kappa shape index (κ3) is 6.75. The van der Waals surface area contributed by atoms with E-state index in [1.165, 1.54) is 71.8 Å². The van der Waals surface area contributed by atoms with Gasteiger partial charge >= 0.3 is 0 Å². The van der Waals surface area contributed by atoms with Crippen LogP contribution in [0.2, 0.25) is 0 Å².